The van der Waals surface area contributed by atoms with E-state index in [1.807, 2.05) is 45.9 Å². The Labute approximate surface area is 153 Å². The molecule has 26 heavy (non-hydrogen) atoms. The first-order chi connectivity index (χ1) is 12.3. The van der Waals surface area contributed by atoms with E-state index in [0.717, 1.165) is 11.1 Å². The molecular formula is C21H24O5. The Kier molecular flexibility index (Phi) is 6.78. The first kappa shape index (κ1) is 19.5. The third-order valence-electron chi connectivity index (χ3n) is 3.53. The second-order valence-corrected chi connectivity index (χ2v) is 6.55. The van der Waals surface area contributed by atoms with E-state index < -0.39 is 11.9 Å². The fraction of sp³-hybridized carbons (Fsp3) is 0.333. The fourth-order valence-corrected chi connectivity index (χ4v) is 2.27. The third kappa shape index (κ3) is 5.92. The normalized spacial score (nSPS) is 10.5. The molecule has 0 N–H and O–H groups in total. The maximum atomic E-state index is 12.0. The molecule has 138 valence electrons. The molecule has 2 aromatic carbocycles. The van der Waals surface area contributed by atoms with E-state index in [1.54, 1.807) is 18.2 Å². The molecule has 0 spiro atoms. The van der Waals surface area contributed by atoms with Crippen LogP contribution >= 0.6 is 0 Å². The van der Waals surface area contributed by atoms with Gasteiger partial charge in [-0.15, -0.1) is 0 Å². The van der Waals surface area contributed by atoms with Crippen LogP contribution in [0.1, 0.15) is 35.3 Å². The minimum Gasteiger partial charge on any atom is -0.482 e. The lowest BCUT2D eigenvalue weighted by atomic mass is 10.1. The van der Waals surface area contributed by atoms with E-state index in [0.29, 0.717) is 17.9 Å². The second kappa shape index (κ2) is 9.04. The number of ether oxygens (including phenoxy) is 3. The Morgan fingerprint density at radius 2 is 1.81 bits per heavy atom. The Hall–Kier alpha value is -2.82. The van der Waals surface area contributed by atoms with Gasteiger partial charge >= 0.3 is 11.9 Å². The highest BCUT2D eigenvalue weighted by molar-refractivity contribution is 5.90. The number of rotatable bonds is 7. The van der Waals surface area contributed by atoms with Crippen LogP contribution in [0.3, 0.4) is 0 Å². The molecule has 0 aromatic heterocycles. The van der Waals surface area contributed by atoms with Crippen molar-refractivity contribution in [3.8, 4) is 11.5 Å². The largest absolute Gasteiger partial charge is 0.482 e. The van der Waals surface area contributed by atoms with Crippen molar-refractivity contribution < 1.29 is 23.8 Å². The lowest BCUT2D eigenvalue weighted by molar-refractivity contribution is -0.136. The minimum atomic E-state index is -0.544. The maximum absolute atomic E-state index is 12.0. The highest BCUT2D eigenvalue weighted by Gasteiger charge is 2.12. The molecule has 0 radical (unpaired) electrons. The highest BCUT2D eigenvalue weighted by Crippen LogP contribution is 2.19. The average Bonchev–Trinajstić information content (AvgIpc) is 2.59. The van der Waals surface area contributed by atoms with Crippen molar-refractivity contribution in [1.29, 1.82) is 0 Å². The van der Waals surface area contributed by atoms with Crippen LogP contribution in [-0.2, 0) is 9.53 Å². The molecule has 0 aliphatic heterocycles. The third-order valence-corrected chi connectivity index (χ3v) is 3.53. The highest BCUT2D eigenvalue weighted by atomic mass is 16.6. The van der Waals surface area contributed by atoms with E-state index in [2.05, 4.69) is 0 Å². The number of carbonyl (C=O) groups excluding carboxylic acids is 2. The number of hydrogen-bond acceptors (Lipinski definition) is 5. The Morgan fingerprint density at radius 3 is 2.50 bits per heavy atom. The molecule has 0 atom stereocenters. The zero-order valence-corrected chi connectivity index (χ0v) is 15.6. The van der Waals surface area contributed by atoms with E-state index in [-0.39, 0.29) is 18.3 Å². The van der Waals surface area contributed by atoms with E-state index >= 15 is 0 Å². The quantitative estimate of drug-likeness (QED) is 0.552. The molecule has 0 amide bonds. The van der Waals surface area contributed by atoms with Gasteiger partial charge in [-0.05, 0) is 49.6 Å². The summed E-state index contributed by atoms with van der Waals surface area (Å²) < 4.78 is 15.9. The van der Waals surface area contributed by atoms with Crippen LogP contribution in [0.25, 0.3) is 0 Å². The van der Waals surface area contributed by atoms with Gasteiger partial charge in [0.25, 0.3) is 0 Å². The van der Waals surface area contributed by atoms with Crippen molar-refractivity contribution in [2.24, 2.45) is 5.92 Å². The number of carbonyl (C=O) groups is 2. The Morgan fingerprint density at radius 1 is 1.04 bits per heavy atom. The standard InChI is InChI=1S/C21H24O5/c1-14(2)12-25-21(23)17-6-5-7-18(11-17)26-20(22)13-24-19-9-8-15(3)10-16(19)4/h5-11,14H,12-13H2,1-4H3. The molecule has 0 fully saturated rings. The lowest BCUT2D eigenvalue weighted by Crippen LogP contribution is -2.18. The van der Waals surface area contributed by atoms with Crippen LogP contribution in [0.5, 0.6) is 11.5 Å². The van der Waals surface area contributed by atoms with Gasteiger partial charge in [0.1, 0.15) is 11.5 Å². The molecule has 5 heteroatoms. The van der Waals surface area contributed by atoms with Gasteiger partial charge in [-0.2, -0.15) is 0 Å². The molecule has 0 saturated heterocycles. The fourth-order valence-electron chi connectivity index (χ4n) is 2.27. The van der Waals surface area contributed by atoms with E-state index in [1.165, 1.54) is 6.07 Å². The molecule has 2 aromatic rings. The summed E-state index contributed by atoms with van der Waals surface area (Å²) in [5.74, 6) is 0.180. The molecular weight excluding hydrogens is 332 g/mol. The summed E-state index contributed by atoms with van der Waals surface area (Å²) in [7, 11) is 0. The van der Waals surface area contributed by atoms with Gasteiger partial charge in [-0.25, -0.2) is 9.59 Å². The second-order valence-electron chi connectivity index (χ2n) is 6.55. The van der Waals surface area contributed by atoms with Gasteiger partial charge in [-0.1, -0.05) is 37.6 Å². The molecule has 2 rings (SSSR count). The number of hydrogen-bond donors (Lipinski definition) is 0. The van der Waals surface area contributed by atoms with Gasteiger partial charge in [-0.3, -0.25) is 0 Å². The summed E-state index contributed by atoms with van der Waals surface area (Å²) in [5.41, 5.74) is 2.41. The summed E-state index contributed by atoms with van der Waals surface area (Å²) in [6, 6.07) is 12.1. The minimum absolute atomic E-state index is 0.216. The Balaban J connectivity index is 1.92. The van der Waals surface area contributed by atoms with E-state index in [4.69, 9.17) is 14.2 Å². The summed E-state index contributed by atoms with van der Waals surface area (Å²) in [6.07, 6.45) is 0. The van der Waals surface area contributed by atoms with Crippen molar-refractivity contribution in [2.75, 3.05) is 13.2 Å². The number of benzene rings is 2. The van der Waals surface area contributed by atoms with Crippen molar-refractivity contribution in [2.45, 2.75) is 27.7 Å². The molecule has 0 heterocycles. The first-order valence-corrected chi connectivity index (χ1v) is 8.53. The zero-order chi connectivity index (χ0) is 19.1. The summed E-state index contributed by atoms with van der Waals surface area (Å²) in [6.45, 7) is 7.95. The molecule has 0 aliphatic carbocycles. The van der Waals surface area contributed by atoms with Gasteiger partial charge < -0.3 is 14.2 Å². The monoisotopic (exact) mass is 356 g/mol. The van der Waals surface area contributed by atoms with Crippen molar-refractivity contribution >= 4 is 11.9 Å². The number of esters is 2. The average molecular weight is 356 g/mol. The summed E-state index contributed by atoms with van der Waals surface area (Å²) in [5, 5.41) is 0. The number of aryl methyl sites for hydroxylation is 2. The van der Waals surface area contributed by atoms with Gasteiger partial charge in [0.2, 0.25) is 0 Å². The predicted molar refractivity (Wildman–Crippen MR) is 98.6 cm³/mol. The van der Waals surface area contributed by atoms with Crippen LogP contribution < -0.4 is 9.47 Å². The van der Waals surface area contributed by atoms with Gasteiger partial charge in [0.15, 0.2) is 6.61 Å². The first-order valence-electron chi connectivity index (χ1n) is 8.53. The summed E-state index contributed by atoms with van der Waals surface area (Å²) in [4.78, 5) is 24.0. The predicted octanol–water partition coefficient (Wildman–Crippen LogP) is 4.10. The molecule has 0 saturated carbocycles. The van der Waals surface area contributed by atoms with Gasteiger partial charge in [0.05, 0.1) is 12.2 Å². The molecule has 0 aliphatic rings. The zero-order valence-electron chi connectivity index (χ0n) is 15.6. The lowest BCUT2D eigenvalue weighted by Gasteiger charge is -2.10. The topological polar surface area (TPSA) is 61.8 Å². The van der Waals surface area contributed by atoms with Crippen molar-refractivity contribution in [3.63, 3.8) is 0 Å². The van der Waals surface area contributed by atoms with Gasteiger partial charge in [0, 0.05) is 0 Å². The maximum Gasteiger partial charge on any atom is 0.349 e. The molecule has 5 nitrogen and oxygen atoms in total. The van der Waals surface area contributed by atoms with Crippen molar-refractivity contribution in [3.05, 3.63) is 59.2 Å². The van der Waals surface area contributed by atoms with Crippen LogP contribution in [0.2, 0.25) is 0 Å². The molecule has 0 unspecified atom stereocenters. The van der Waals surface area contributed by atoms with Crippen LogP contribution in [0.4, 0.5) is 0 Å². The van der Waals surface area contributed by atoms with Crippen LogP contribution in [0.15, 0.2) is 42.5 Å². The summed E-state index contributed by atoms with van der Waals surface area (Å²) >= 11 is 0. The Bertz CT molecular complexity index is 780. The van der Waals surface area contributed by atoms with Crippen LogP contribution in [-0.4, -0.2) is 25.2 Å². The smallest absolute Gasteiger partial charge is 0.349 e. The van der Waals surface area contributed by atoms with Crippen molar-refractivity contribution in [1.82, 2.24) is 0 Å². The van der Waals surface area contributed by atoms with E-state index in [9.17, 15) is 9.59 Å². The SMILES string of the molecule is Cc1ccc(OCC(=O)Oc2cccc(C(=O)OCC(C)C)c2)c(C)c1. The molecule has 0 bridgehead atoms. The van der Waals surface area contributed by atoms with Crippen LogP contribution in [0, 0.1) is 19.8 Å².